The van der Waals surface area contributed by atoms with Crippen molar-refractivity contribution in [3.63, 3.8) is 0 Å². The predicted molar refractivity (Wildman–Crippen MR) is 54.7 cm³/mol. The van der Waals surface area contributed by atoms with Crippen molar-refractivity contribution in [1.29, 1.82) is 0 Å². The number of aliphatic carboxylic acids is 1. The summed E-state index contributed by atoms with van der Waals surface area (Å²) in [7, 11) is 0. The number of fused-ring (bicyclic) bond motifs is 1. The van der Waals surface area contributed by atoms with Crippen LogP contribution < -0.4 is 0 Å². The molecule has 1 aromatic carbocycles. The molecule has 0 spiro atoms. The molecule has 2 N–H and O–H groups in total. The lowest BCUT2D eigenvalue weighted by Crippen LogP contribution is -2.41. The van der Waals surface area contributed by atoms with Crippen molar-refractivity contribution < 1.29 is 19.8 Å². The van der Waals surface area contributed by atoms with Gasteiger partial charge in [-0.3, -0.25) is 9.69 Å². The van der Waals surface area contributed by atoms with Crippen molar-refractivity contribution in [2.45, 2.75) is 19.2 Å². The number of carboxylic acid groups (broad SMARTS) is 1. The molecule has 0 radical (unpaired) electrons. The molecule has 2 atom stereocenters. The van der Waals surface area contributed by atoms with Gasteiger partial charge < -0.3 is 10.2 Å². The van der Waals surface area contributed by atoms with Crippen molar-refractivity contribution in [3.8, 4) is 0 Å². The summed E-state index contributed by atoms with van der Waals surface area (Å²) in [5.74, 6) is -1.58. The number of benzene rings is 1. The van der Waals surface area contributed by atoms with Gasteiger partial charge in [0.2, 0.25) is 0 Å². The van der Waals surface area contributed by atoms with Crippen LogP contribution in [0.5, 0.6) is 0 Å². The molecule has 2 rings (SSSR count). The molecular weight excluding hydrogens is 210 g/mol. The zero-order valence-electron chi connectivity index (χ0n) is 8.62. The first-order valence-corrected chi connectivity index (χ1v) is 4.86. The van der Waals surface area contributed by atoms with Gasteiger partial charge in [0.05, 0.1) is 0 Å². The first kappa shape index (κ1) is 10.6. The van der Waals surface area contributed by atoms with Gasteiger partial charge in [-0.1, -0.05) is 18.2 Å². The minimum atomic E-state index is -1.17. The molecule has 5 heteroatoms. The van der Waals surface area contributed by atoms with Crippen molar-refractivity contribution >= 4 is 11.9 Å². The molecule has 0 fully saturated rings. The van der Waals surface area contributed by atoms with E-state index in [1.165, 1.54) is 6.92 Å². The molecule has 1 heterocycles. The van der Waals surface area contributed by atoms with E-state index in [1.54, 1.807) is 24.3 Å². The Morgan fingerprint density at radius 1 is 1.44 bits per heavy atom. The van der Waals surface area contributed by atoms with E-state index < -0.39 is 24.1 Å². The topological polar surface area (TPSA) is 77.8 Å². The highest BCUT2D eigenvalue weighted by Gasteiger charge is 2.40. The minimum Gasteiger partial charge on any atom is -0.480 e. The fourth-order valence-electron chi connectivity index (χ4n) is 1.82. The van der Waals surface area contributed by atoms with Gasteiger partial charge in [0.15, 0.2) is 6.23 Å². The van der Waals surface area contributed by atoms with Gasteiger partial charge in [-0.05, 0) is 13.0 Å². The highest BCUT2D eigenvalue weighted by atomic mass is 16.4. The molecule has 0 aliphatic carbocycles. The van der Waals surface area contributed by atoms with Crippen LogP contribution in [-0.4, -0.2) is 33.0 Å². The largest absolute Gasteiger partial charge is 0.480 e. The van der Waals surface area contributed by atoms with Crippen LogP contribution in [0.1, 0.15) is 29.1 Å². The molecule has 1 amide bonds. The van der Waals surface area contributed by atoms with E-state index in [0.29, 0.717) is 11.1 Å². The number of amides is 1. The average Bonchev–Trinajstić information content (AvgIpc) is 2.52. The number of hydrogen-bond acceptors (Lipinski definition) is 3. The Kier molecular flexibility index (Phi) is 2.40. The average molecular weight is 221 g/mol. The molecule has 1 aromatic rings. The maximum Gasteiger partial charge on any atom is 0.326 e. The van der Waals surface area contributed by atoms with E-state index in [1.807, 2.05) is 0 Å². The second-order valence-electron chi connectivity index (χ2n) is 3.69. The molecule has 2 unspecified atom stereocenters. The van der Waals surface area contributed by atoms with Crippen LogP contribution in [-0.2, 0) is 4.79 Å². The van der Waals surface area contributed by atoms with Crippen LogP contribution in [0.15, 0.2) is 24.3 Å². The third-order valence-electron chi connectivity index (χ3n) is 2.74. The van der Waals surface area contributed by atoms with Crippen LogP contribution in [0, 0.1) is 0 Å². The zero-order valence-corrected chi connectivity index (χ0v) is 8.62. The normalized spacial score (nSPS) is 20.8. The van der Waals surface area contributed by atoms with E-state index in [9.17, 15) is 14.7 Å². The number of carbonyl (C=O) groups excluding carboxylic acids is 1. The first-order valence-electron chi connectivity index (χ1n) is 4.86. The summed E-state index contributed by atoms with van der Waals surface area (Å²) in [4.78, 5) is 23.6. The van der Waals surface area contributed by atoms with E-state index in [4.69, 9.17) is 5.11 Å². The molecule has 1 aliphatic heterocycles. The Balaban J connectivity index is 2.42. The van der Waals surface area contributed by atoms with Crippen molar-refractivity contribution in [1.82, 2.24) is 4.90 Å². The van der Waals surface area contributed by atoms with Crippen LogP contribution >= 0.6 is 0 Å². The van der Waals surface area contributed by atoms with Crippen molar-refractivity contribution in [3.05, 3.63) is 35.4 Å². The van der Waals surface area contributed by atoms with E-state index >= 15 is 0 Å². The molecule has 1 aliphatic rings. The molecule has 0 saturated heterocycles. The Morgan fingerprint density at radius 3 is 2.62 bits per heavy atom. The highest BCUT2D eigenvalue weighted by molar-refractivity contribution is 6.00. The Morgan fingerprint density at radius 2 is 2.06 bits per heavy atom. The number of hydrogen-bond donors (Lipinski definition) is 2. The fraction of sp³-hybridized carbons (Fsp3) is 0.273. The quantitative estimate of drug-likeness (QED) is 0.766. The lowest BCUT2D eigenvalue weighted by molar-refractivity contribution is -0.144. The summed E-state index contributed by atoms with van der Waals surface area (Å²) < 4.78 is 0. The van der Waals surface area contributed by atoms with Gasteiger partial charge in [-0.2, -0.15) is 0 Å². The van der Waals surface area contributed by atoms with Gasteiger partial charge in [-0.15, -0.1) is 0 Å². The van der Waals surface area contributed by atoms with Crippen molar-refractivity contribution in [2.75, 3.05) is 0 Å². The van der Waals surface area contributed by atoms with Crippen LogP contribution in [0.2, 0.25) is 0 Å². The van der Waals surface area contributed by atoms with E-state index in [2.05, 4.69) is 0 Å². The van der Waals surface area contributed by atoms with Gasteiger partial charge in [0, 0.05) is 11.1 Å². The summed E-state index contributed by atoms with van der Waals surface area (Å²) in [5, 5.41) is 18.7. The molecular formula is C11H11NO4. The van der Waals surface area contributed by atoms with Crippen LogP contribution in [0.25, 0.3) is 0 Å². The highest BCUT2D eigenvalue weighted by Crippen LogP contribution is 2.32. The fourth-order valence-corrected chi connectivity index (χ4v) is 1.82. The van der Waals surface area contributed by atoms with Gasteiger partial charge in [0.25, 0.3) is 5.91 Å². The number of aliphatic hydroxyl groups is 1. The summed E-state index contributed by atoms with van der Waals surface area (Å²) >= 11 is 0. The molecule has 84 valence electrons. The first-order chi connectivity index (χ1) is 7.54. The number of carboxylic acids is 1. The lowest BCUT2D eigenvalue weighted by Gasteiger charge is -2.24. The summed E-state index contributed by atoms with van der Waals surface area (Å²) in [5.41, 5.74) is 0.823. The number of rotatable bonds is 2. The Bertz CT molecular complexity index is 457. The van der Waals surface area contributed by atoms with E-state index in [-0.39, 0.29) is 0 Å². The maximum atomic E-state index is 11.9. The third kappa shape index (κ3) is 1.37. The minimum absolute atomic E-state index is 0.364. The summed E-state index contributed by atoms with van der Waals surface area (Å²) in [6.07, 6.45) is -1.17. The van der Waals surface area contributed by atoms with E-state index in [0.717, 1.165) is 4.90 Å². The van der Waals surface area contributed by atoms with Gasteiger partial charge >= 0.3 is 5.97 Å². The second kappa shape index (κ2) is 3.61. The van der Waals surface area contributed by atoms with Crippen molar-refractivity contribution in [2.24, 2.45) is 0 Å². The Hall–Kier alpha value is -1.88. The standard InChI is InChI=1S/C11H11NO4/c1-6(11(15)16)12-9(13)7-4-2-3-5-8(7)10(12)14/h2-6,9,13H,1H3,(H,15,16). The summed E-state index contributed by atoms with van der Waals surface area (Å²) in [6.45, 7) is 1.37. The lowest BCUT2D eigenvalue weighted by atomic mass is 10.1. The molecule has 16 heavy (non-hydrogen) atoms. The van der Waals surface area contributed by atoms with Gasteiger partial charge in [0.1, 0.15) is 6.04 Å². The van der Waals surface area contributed by atoms with Crippen LogP contribution in [0.3, 0.4) is 0 Å². The maximum absolute atomic E-state index is 11.9. The molecule has 0 aromatic heterocycles. The molecule has 0 bridgehead atoms. The van der Waals surface area contributed by atoms with Gasteiger partial charge in [-0.25, -0.2) is 4.79 Å². The second-order valence-corrected chi connectivity index (χ2v) is 3.69. The number of nitrogens with zero attached hydrogens (tertiary/aromatic N) is 1. The van der Waals surface area contributed by atoms with Crippen LogP contribution in [0.4, 0.5) is 0 Å². The smallest absolute Gasteiger partial charge is 0.326 e. The number of aliphatic hydroxyl groups excluding tert-OH is 1. The zero-order chi connectivity index (χ0) is 11.9. The Labute approximate surface area is 91.9 Å². The summed E-state index contributed by atoms with van der Waals surface area (Å²) in [6, 6.07) is 5.53. The SMILES string of the molecule is CC(C(=O)O)N1C(=O)c2ccccc2C1O. The predicted octanol–water partition coefficient (Wildman–Crippen LogP) is 0.606. The number of carbonyl (C=O) groups is 2. The third-order valence-corrected chi connectivity index (χ3v) is 2.74. The molecule has 5 nitrogen and oxygen atoms in total. The monoisotopic (exact) mass is 221 g/mol. The molecule has 0 saturated carbocycles.